The summed E-state index contributed by atoms with van der Waals surface area (Å²) in [5.74, 6) is -0.524. The topological polar surface area (TPSA) is 70.6 Å². The molecule has 2 amide bonds. The van der Waals surface area contributed by atoms with Gasteiger partial charge in [0.1, 0.15) is 5.25 Å². The van der Waals surface area contributed by atoms with Crippen LogP contribution in [0.2, 0.25) is 10.0 Å². The van der Waals surface area contributed by atoms with Crippen LogP contribution < -0.4 is 10.6 Å². The third-order valence-corrected chi connectivity index (χ3v) is 4.71. The summed E-state index contributed by atoms with van der Waals surface area (Å²) < 4.78 is 0. The Morgan fingerprint density at radius 3 is 2.74 bits per heavy atom. The van der Waals surface area contributed by atoms with Gasteiger partial charge < -0.3 is 10.6 Å². The predicted molar refractivity (Wildman–Crippen MR) is 96.4 cm³/mol. The molecule has 0 saturated carbocycles. The maximum Gasteiger partial charge on any atom is 0.240 e. The molecule has 1 heterocycles. The van der Waals surface area contributed by atoms with Crippen molar-refractivity contribution < 1.29 is 9.59 Å². The summed E-state index contributed by atoms with van der Waals surface area (Å²) in [6, 6.07) is 4.98. The first kappa shape index (κ1) is 18.1. The summed E-state index contributed by atoms with van der Waals surface area (Å²) in [4.78, 5) is 28.5. The highest BCUT2D eigenvalue weighted by Crippen LogP contribution is 2.30. The van der Waals surface area contributed by atoms with Crippen molar-refractivity contribution in [2.75, 3.05) is 5.32 Å². The van der Waals surface area contributed by atoms with Crippen molar-refractivity contribution >= 4 is 57.6 Å². The van der Waals surface area contributed by atoms with Gasteiger partial charge in [0.15, 0.2) is 5.17 Å². The summed E-state index contributed by atoms with van der Waals surface area (Å²) in [6.45, 7) is 5.82. The molecule has 0 aliphatic carbocycles. The fourth-order valence-electron chi connectivity index (χ4n) is 1.87. The number of anilines is 1. The van der Waals surface area contributed by atoms with E-state index >= 15 is 0 Å². The van der Waals surface area contributed by atoms with Gasteiger partial charge >= 0.3 is 0 Å². The molecular formula is C15H17Cl2N3O2S. The van der Waals surface area contributed by atoms with Crippen LogP contribution in [0.15, 0.2) is 23.2 Å². The van der Waals surface area contributed by atoms with Crippen LogP contribution in [0, 0.1) is 0 Å². The zero-order valence-electron chi connectivity index (χ0n) is 12.9. The van der Waals surface area contributed by atoms with E-state index in [0.717, 1.165) is 0 Å². The molecular weight excluding hydrogens is 357 g/mol. The highest BCUT2D eigenvalue weighted by Gasteiger charge is 2.33. The zero-order valence-corrected chi connectivity index (χ0v) is 15.3. The number of benzene rings is 1. The van der Waals surface area contributed by atoms with Crippen LogP contribution in [0.25, 0.3) is 0 Å². The molecule has 8 heteroatoms. The number of hydrogen-bond donors (Lipinski definition) is 2. The van der Waals surface area contributed by atoms with Crippen LogP contribution in [0.3, 0.4) is 0 Å². The van der Waals surface area contributed by atoms with Crippen molar-refractivity contribution in [3.63, 3.8) is 0 Å². The summed E-state index contributed by atoms with van der Waals surface area (Å²) in [5.41, 5.74) is 0.136. The Labute approximate surface area is 149 Å². The molecule has 1 aromatic rings. The molecule has 1 atom stereocenters. The number of thioether (sulfide) groups is 1. The molecule has 23 heavy (non-hydrogen) atoms. The van der Waals surface area contributed by atoms with Crippen molar-refractivity contribution in [1.82, 2.24) is 5.32 Å². The van der Waals surface area contributed by atoms with E-state index in [-0.39, 0.29) is 28.8 Å². The van der Waals surface area contributed by atoms with Crippen molar-refractivity contribution in [3.8, 4) is 0 Å². The van der Waals surface area contributed by atoms with Crippen LogP contribution in [-0.4, -0.2) is 27.8 Å². The molecule has 1 aromatic carbocycles. The molecule has 0 bridgehead atoms. The average Bonchev–Trinajstić information content (AvgIpc) is 2.72. The molecule has 2 rings (SSSR count). The molecule has 2 N–H and O–H groups in total. The minimum Gasteiger partial charge on any atom is -0.325 e. The van der Waals surface area contributed by atoms with Gasteiger partial charge in [-0.1, -0.05) is 41.0 Å². The van der Waals surface area contributed by atoms with Crippen LogP contribution in [-0.2, 0) is 9.59 Å². The molecule has 1 fully saturated rings. The first-order valence-corrected chi connectivity index (χ1v) is 8.60. The highest BCUT2D eigenvalue weighted by atomic mass is 35.5. The number of carbonyl (C=O) groups is 2. The number of carbonyl (C=O) groups excluding carboxylic acids is 2. The molecule has 0 aromatic heterocycles. The fourth-order valence-corrected chi connectivity index (χ4v) is 3.37. The Kier molecular flexibility index (Phi) is 5.60. The van der Waals surface area contributed by atoms with Crippen LogP contribution in [0.5, 0.6) is 0 Å². The lowest BCUT2D eigenvalue weighted by atomic mass is 10.1. The van der Waals surface area contributed by atoms with Crippen LogP contribution in [0.4, 0.5) is 5.69 Å². The number of nitrogens with zero attached hydrogens (tertiary/aromatic N) is 1. The molecule has 0 unspecified atom stereocenters. The third-order valence-electron chi connectivity index (χ3n) is 2.81. The van der Waals surface area contributed by atoms with E-state index in [9.17, 15) is 9.59 Å². The molecule has 124 valence electrons. The summed E-state index contributed by atoms with van der Waals surface area (Å²) >= 11 is 13.2. The smallest absolute Gasteiger partial charge is 0.240 e. The molecule has 0 radical (unpaired) electrons. The summed E-state index contributed by atoms with van der Waals surface area (Å²) in [5, 5.41) is 6.04. The number of nitrogens with one attached hydrogen (secondary N) is 2. The minimum absolute atomic E-state index is 0.0303. The maximum atomic E-state index is 12.1. The summed E-state index contributed by atoms with van der Waals surface area (Å²) in [7, 11) is 0. The maximum absolute atomic E-state index is 12.1. The Balaban J connectivity index is 2.00. The molecule has 0 spiro atoms. The monoisotopic (exact) mass is 373 g/mol. The normalized spacial score (nSPS) is 19.8. The molecule has 1 aliphatic heterocycles. The number of halogens is 2. The van der Waals surface area contributed by atoms with Crippen molar-refractivity contribution in [2.24, 2.45) is 4.99 Å². The van der Waals surface area contributed by atoms with E-state index < -0.39 is 5.25 Å². The van der Waals surface area contributed by atoms with Crippen molar-refractivity contribution in [3.05, 3.63) is 28.2 Å². The van der Waals surface area contributed by atoms with E-state index in [1.165, 1.54) is 11.8 Å². The first-order valence-electron chi connectivity index (χ1n) is 6.97. The van der Waals surface area contributed by atoms with Gasteiger partial charge in [-0.25, -0.2) is 0 Å². The fraction of sp³-hybridized carbons (Fsp3) is 0.400. The van der Waals surface area contributed by atoms with Crippen molar-refractivity contribution in [2.45, 2.75) is 38.0 Å². The van der Waals surface area contributed by atoms with E-state index in [1.807, 2.05) is 20.8 Å². The van der Waals surface area contributed by atoms with Gasteiger partial charge in [-0.2, -0.15) is 0 Å². The van der Waals surface area contributed by atoms with E-state index in [4.69, 9.17) is 23.2 Å². The second-order valence-corrected chi connectivity index (χ2v) is 8.01. The first-order chi connectivity index (χ1) is 10.7. The Bertz CT molecular complexity index is 671. The van der Waals surface area contributed by atoms with Gasteiger partial charge in [0.05, 0.1) is 21.3 Å². The van der Waals surface area contributed by atoms with Crippen LogP contribution >= 0.6 is 35.0 Å². The van der Waals surface area contributed by atoms with E-state index in [0.29, 0.717) is 15.9 Å². The lowest BCUT2D eigenvalue weighted by Crippen LogP contribution is -2.29. The summed E-state index contributed by atoms with van der Waals surface area (Å²) in [6.07, 6.45) is 0.0303. The number of amides is 2. The zero-order chi connectivity index (χ0) is 17.2. The largest absolute Gasteiger partial charge is 0.325 e. The predicted octanol–water partition coefficient (Wildman–Crippen LogP) is 3.71. The van der Waals surface area contributed by atoms with E-state index in [1.54, 1.807) is 18.2 Å². The quantitative estimate of drug-likeness (QED) is 0.848. The van der Waals surface area contributed by atoms with Gasteiger partial charge in [0.2, 0.25) is 11.8 Å². The van der Waals surface area contributed by atoms with Gasteiger partial charge in [-0.3, -0.25) is 14.6 Å². The molecule has 5 nitrogen and oxygen atoms in total. The number of rotatable bonds is 3. The second-order valence-electron chi connectivity index (χ2n) is 6.04. The second kappa shape index (κ2) is 7.11. The lowest BCUT2D eigenvalue weighted by Gasteiger charge is -2.12. The average molecular weight is 374 g/mol. The van der Waals surface area contributed by atoms with Gasteiger partial charge in [0, 0.05) is 6.42 Å². The van der Waals surface area contributed by atoms with Gasteiger partial charge in [-0.05, 0) is 32.9 Å². The standard InChI is InChI=1S/C15H17Cl2N3O2S/c1-15(2,3)20-14-19-13(22)10(23-14)7-11(21)18-9-6-4-5-8(16)12(9)17/h4-6,10H,7H2,1-3H3,(H,18,21)(H,19,20,22)/t10-/m0/s1. The van der Waals surface area contributed by atoms with E-state index in [2.05, 4.69) is 15.6 Å². The highest BCUT2D eigenvalue weighted by molar-refractivity contribution is 8.15. The number of aliphatic imine (C=N–C) groups is 1. The molecule has 1 aliphatic rings. The van der Waals surface area contributed by atoms with Gasteiger partial charge in [0.25, 0.3) is 0 Å². The lowest BCUT2D eigenvalue weighted by molar-refractivity contribution is -0.122. The molecule has 1 saturated heterocycles. The SMILES string of the molecule is CC(C)(C)N=C1NC(=O)[C@H](CC(=O)Nc2cccc(Cl)c2Cl)S1. The van der Waals surface area contributed by atoms with Crippen molar-refractivity contribution in [1.29, 1.82) is 0 Å². The Hall–Kier alpha value is -1.24. The van der Waals surface area contributed by atoms with Crippen LogP contribution in [0.1, 0.15) is 27.2 Å². The number of amidine groups is 1. The number of hydrogen-bond acceptors (Lipinski definition) is 4. The third kappa shape index (κ3) is 5.12. The minimum atomic E-state index is -0.506. The Morgan fingerprint density at radius 1 is 1.39 bits per heavy atom. The Morgan fingerprint density at radius 2 is 2.09 bits per heavy atom. The van der Waals surface area contributed by atoms with Gasteiger partial charge in [-0.15, -0.1) is 0 Å².